The molecule has 3 atom stereocenters. The molecular weight excluding hydrogens is 214 g/mol. The molecule has 0 aromatic heterocycles. The summed E-state index contributed by atoms with van der Waals surface area (Å²) in [4.78, 5) is 13.6. The molecule has 92 valence electrons. The lowest BCUT2D eigenvalue weighted by atomic mass is 10.0. The number of likely N-dealkylation sites (tertiary alicyclic amines) is 1. The maximum atomic E-state index is 11.5. The van der Waals surface area contributed by atoms with E-state index in [1.807, 2.05) is 30.3 Å². The second-order valence-electron chi connectivity index (χ2n) is 5.04. The second-order valence-corrected chi connectivity index (χ2v) is 5.04. The average Bonchev–Trinajstić information content (AvgIpc) is 2.59. The van der Waals surface area contributed by atoms with Gasteiger partial charge in [0.15, 0.2) is 0 Å². The van der Waals surface area contributed by atoms with Crippen molar-refractivity contribution in [3.05, 3.63) is 35.9 Å². The normalized spacial score (nSPS) is 26.9. The fraction of sp³-hybridized carbons (Fsp3) is 0.500. The standard InChI is InChI=1S/C14H19NO2/c1-10-8-11(2)15(9-10)13(14(16)17)12-6-4-3-5-7-12/h3-7,10-11,13H,8-9H2,1-2H3,(H,16,17). The molecule has 0 aliphatic carbocycles. The fourth-order valence-corrected chi connectivity index (χ4v) is 2.80. The van der Waals surface area contributed by atoms with E-state index in [2.05, 4.69) is 18.7 Å². The summed E-state index contributed by atoms with van der Waals surface area (Å²) in [6.45, 7) is 5.16. The highest BCUT2D eigenvalue weighted by Gasteiger charge is 2.36. The summed E-state index contributed by atoms with van der Waals surface area (Å²) in [5.74, 6) is -0.173. The van der Waals surface area contributed by atoms with Crippen LogP contribution in [0.4, 0.5) is 0 Å². The molecule has 0 radical (unpaired) electrons. The van der Waals surface area contributed by atoms with E-state index in [0.717, 1.165) is 18.5 Å². The molecule has 0 spiro atoms. The Balaban J connectivity index is 2.27. The van der Waals surface area contributed by atoms with Gasteiger partial charge in [0.05, 0.1) is 0 Å². The van der Waals surface area contributed by atoms with Crippen LogP contribution in [-0.2, 0) is 4.79 Å². The quantitative estimate of drug-likeness (QED) is 0.872. The lowest BCUT2D eigenvalue weighted by molar-refractivity contribution is -0.144. The molecule has 1 aromatic carbocycles. The summed E-state index contributed by atoms with van der Waals surface area (Å²) in [5.41, 5.74) is 0.876. The van der Waals surface area contributed by atoms with Gasteiger partial charge in [-0.1, -0.05) is 37.3 Å². The predicted octanol–water partition coefficient (Wildman–Crippen LogP) is 2.54. The third kappa shape index (κ3) is 2.50. The van der Waals surface area contributed by atoms with Gasteiger partial charge >= 0.3 is 5.97 Å². The monoisotopic (exact) mass is 233 g/mol. The minimum absolute atomic E-state index is 0.339. The van der Waals surface area contributed by atoms with Gasteiger partial charge in [-0.25, -0.2) is 0 Å². The first-order valence-corrected chi connectivity index (χ1v) is 6.13. The Morgan fingerprint density at radius 1 is 1.35 bits per heavy atom. The van der Waals surface area contributed by atoms with Crippen LogP contribution in [0.15, 0.2) is 30.3 Å². The maximum Gasteiger partial charge on any atom is 0.325 e. The Morgan fingerprint density at radius 2 is 2.00 bits per heavy atom. The number of aliphatic carboxylic acids is 1. The smallest absolute Gasteiger partial charge is 0.325 e. The van der Waals surface area contributed by atoms with Crippen LogP contribution < -0.4 is 0 Å². The lowest BCUT2D eigenvalue weighted by Gasteiger charge is -2.28. The van der Waals surface area contributed by atoms with Crippen molar-refractivity contribution in [3.63, 3.8) is 0 Å². The van der Waals surface area contributed by atoms with Crippen LogP contribution in [0.1, 0.15) is 31.9 Å². The van der Waals surface area contributed by atoms with Crippen molar-refractivity contribution in [2.75, 3.05) is 6.54 Å². The molecule has 1 saturated heterocycles. The highest BCUT2D eigenvalue weighted by atomic mass is 16.4. The molecule has 1 aromatic rings. The zero-order chi connectivity index (χ0) is 12.4. The van der Waals surface area contributed by atoms with Gasteiger partial charge < -0.3 is 5.11 Å². The number of hydrogen-bond donors (Lipinski definition) is 1. The van der Waals surface area contributed by atoms with Crippen molar-refractivity contribution in [1.29, 1.82) is 0 Å². The molecule has 3 unspecified atom stereocenters. The second kappa shape index (κ2) is 4.88. The number of rotatable bonds is 3. The summed E-state index contributed by atoms with van der Waals surface area (Å²) in [6.07, 6.45) is 1.08. The van der Waals surface area contributed by atoms with Crippen molar-refractivity contribution in [3.8, 4) is 0 Å². The van der Waals surface area contributed by atoms with Crippen molar-refractivity contribution in [1.82, 2.24) is 4.90 Å². The van der Waals surface area contributed by atoms with E-state index in [4.69, 9.17) is 0 Å². The zero-order valence-corrected chi connectivity index (χ0v) is 10.3. The van der Waals surface area contributed by atoms with E-state index >= 15 is 0 Å². The van der Waals surface area contributed by atoms with E-state index in [1.165, 1.54) is 0 Å². The zero-order valence-electron chi connectivity index (χ0n) is 10.3. The number of carboxylic acid groups (broad SMARTS) is 1. The Bertz CT molecular complexity index is 390. The molecule has 1 fully saturated rings. The molecule has 0 bridgehead atoms. The minimum Gasteiger partial charge on any atom is -0.480 e. The molecule has 1 aliphatic heterocycles. The summed E-state index contributed by atoms with van der Waals surface area (Å²) in [5, 5.41) is 9.45. The molecule has 3 nitrogen and oxygen atoms in total. The third-order valence-electron chi connectivity index (χ3n) is 3.51. The van der Waals surface area contributed by atoms with Gasteiger partial charge in [-0.2, -0.15) is 0 Å². The first-order chi connectivity index (χ1) is 8.09. The van der Waals surface area contributed by atoms with Crippen molar-refractivity contribution in [2.24, 2.45) is 5.92 Å². The highest BCUT2D eigenvalue weighted by Crippen LogP contribution is 2.32. The molecule has 1 aliphatic rings. The Hall–Kier alpha value is -1.35. The summed E-state index contributed by atoms with van der Waals surface area (Å²) < 4.78 is 0. The first-order valence-electron chi connectivity index (χ1n) is 6.13. The summed E-state index contributed by atoms with van der Waals surface area (Å²) >= 11 is 0. The SMILES string of the molecule is CC1CC(C)N(C(C(=O)O)c2ccccc2)C1. The molecule has 0 saturated carbocycles. The topological polar surface area (TPSA) is 40.5 Å². The Morgan fingerprint density at radius 3 is 2.47 bits per heavy atom. The third-order valence-corrected chi connectivity index (χ3v) is 3.51. The number of hydrogen-bond acceptors (Lipinski definition) is 2. The van der Waals surface area contributed by atoms with Gasteiger partial charge in [0, 0.05) is 12.6 Å². The molecule has 17 heavy (non-hydrogen) atoms. The van der Waals surface area contributed by atoms with E-state index in [-0.39, 0.29) is 0 Å². The molecule has 3 heteroatoms. The van der Waals surface area contributed by atoms with Gasteiger partial charge in [0.2, 0.25) is 0 Å². The predicted molar refractivity (Wildman–Crippen MR) is 66.8 cm³/mol. The molecule has 2 rings (SSSR count). The molecular formula is C14H19NO2. The molecule has 1 heterocycles. The van der Waals surface area contributed by atoms with Gasteiger partial charge in [-0.3, -0.25) is 9.69 Å². The lowest BCUT2D eigenvalue weighted by Crippen LogP contribution is -2.36. The number of carboxylic acids is 1. The van der Waals surface area contributed by atoms with Crippen LogP contribution in [0.5, 0.6) is 0 Å². The minimum atomic E-state index is -0.753. The Kier molecular flexibility index (Phi) is 3.48. The molecule has 0 amide bonds. The van der Waals surface area contributed by atoms with Crippen molar-refractivity contribution >= 4 is 5.97 Å². The van der Waals surface area contributed by atoms with Crippen molar-refractivity contribution < 1.29 is 9.90 Å². The van der Waals surface area contributed by atoms with Gasteiger partial charge in [0.1, 0.15) is 6.04 Å². The Labute approximate surface area is 102 Å². The van der Waals surface area contributed by atoms with Crippen LogP contribution >= 0.6 is 0 Å². The van der Waals surface area contributed by atoms with E-state index in [9.17, 15) is 9.90 Å². The number of nitrogens with zero attached hydrogens (tertiary/aromatic N) is 1. The first kappa shape index (κ1) is 12.1. The van der Waals surface area contributed by atoms with Gasteiger partial charge in [-0.05, 0) is 24.8 Å². The highest BCUT2D eigenvalue weighted by molar-refractivity contribution is 5.75. The van der Waals surface area contributed by atoms with Crippen molar-refractivity contribution in [2.45, 2.75) is 32.4 Å². The molecule has 1 N–H and O–H groups in total. The number of benzene rings is 1. The average molecular weight is 233 g/mol. The van der Waals surface area contributed by atoms with Gasteiger partial charge in [0.25, 0.3) is 0 Å². The van der Waals surface area contributed by atoms with E-state index < -0.39 is 12.0 Å². The van der Waals surface area contributed by atoms with Crippen LogP contribution in [0, 0.1) is 5.92 Å². The maximum absolute atomic E-state index is 11.5. The van der Waals surface area contributed by atoms with Gasteiger partial charge in [-0.15, -0.1) is 0 Å². The summed E-state index contributed by atoms with van der Waals surface area (Å²) in [7, 11) is 0. The van der Waals surface area contributed by atoms with Crippen LogP contribution in [-0.4, -0.2) is 28.6 Å². The van der Waals surface area contributed by atoms with E-state index in [0.29, 0.717) is 12.0 Å². The van der Waals surface area contributed by atoms with Crippen LogP contribution in [0.3, 0.4) is 0 Å². The fourth-order valence-electron chi connectivity index (χ4n) is 2.80. The summed E-state index contributed by atoms with van der Waals surface area (Å²) in [6, 6.07) is 9.34. The number of carbonyl (C=O) groups is 1. The van der Waals surface area contributed by atoms with Crippen LogP contribution in [0.2, 0.25) is 0 Å². The van der Waals surface area contributed by atoms with Crippen LogP contribution in [0.25, 0.3) is 0 Å². The largest absolute Gasteiger partial charge is 0.480 e. The van der Waals surface area contributed by atoms with E-state index in [1.54, 1.807) is 0 Å².